The summed E-state index contributed by atoms with van der Waals surface area (Å²) in [5.41, 5.74) is 1.90. The monoisotopic (exact) mass is 361 g/mol. The van der Waals surface area contributed by atoms with Crippen LogP contribution in [0.25, 0.3) is 0 Å². The third-order valence-corrected chi connectivity index (χ3v) is 4.33. The van der Waals surface area contributed by atoms with E-state index in [4.69, 9.17) is 16.3 Å². The van der Waals surface area contributed by atoms with E-state index in [0.29, 0.717) is 28.4 Å². The molecule has 2 rings (SSSR count). The van der Waals surface area contributed by atoms with Crippen molar-refractivity contribution in [1.29, 1.82) is 0 Å². The largest absolute Gasteiger partial charge is 0.478 e. The van der Waals surface area contributed by atoms with E-state index in [0.717, 1.165) is 0 Å². The van der Waals surface area contributed by atoms with Crippen molar-refractivity contribution in [2.75, 3.05) is 6.61 Å². The number of halogens is 1. The van der Waals surface area contributed by atoms with Crippen LogP contribution < -0.4 is 5.32 Å². The fourth-order valence-corrected chi connectivity index (χ4v) is 3.13. The average Bonchev–Trinajstić information content (AvgIpc) is 2.54. The molecule has 0 saturated heterocycles. The van der Waals surface area contributed by atoms with Crippen molar-refractivity contribution >= 4 is 23.5 Å². The number of ether oxygens (including phenoxy) is 1. The summed E-state index contributed by atoms with van der Waals surface area (Å²) in [6.45, 7) is 7.15. The van der Waals surface area contributed by atoms with Gasteiger partial charge in [-0.3, -0.25) is 0 Å². The molecule has 0 amide bonds. The number of aliphatic carboxylic acids is 1. The molecule has 25 heavy (non-hydrogen) atoms. The minimum Gasteiger partial charge on any atom is -0.478 e. The summed E-state index contributed by atoms with van der Waals surface area (Å²) in [6, 6.07) is 6.90. The molecule has 5 nitrogen and oxygen atoms in total. The summed E-state index contributed by atoms with van der Waals surface area (Å²) in [7, 11) is 0. The molecule has 1 aromatic rings. The number of carboxylic acid groups (broad SMARTS) is 1. The molecule has 1 atom stereocenters. The van der Waals surface area contributed by atoms with Gasteiger partial charge < -0.3 is 15.2 Å². The zero-order chi connectivity index (χ0) is 18.6. The normalized spacial score (nSPS) is 17.2. The Labute approximate surface area is 151 Å². The van der Waals surface area contributed by atoms with E-state index in [1.165, 1.54) is 0 Å². The summed E-state index contributed by atoms with van der Waals surface area (Å²) >= 11 is 6.30. The molecule has 0 radical (unpaired) electrons. The van der Waals surface area contributed by atoms with E-state index >= 15 is 0 Å². The van der Waals surface area contributed by atoms with Crippen LogP contribution in [0.2, 0.25) is 5.02 Å². The zero-order valence-electron chi connectivity index (χ0n) is 14.1. The topological polar surface area (TPSA) is 75.6 Å². The lowest BCUT2D eigenvalue weighted by Gasteiger charge is -2.30. The van der Waals surface area contributed by atoms with Gasteiger partial charge in [0.2, 0.25) is 0 Å². The highest BCUT2D eigenvalue weighted by molar-refractivity contribution is 6.31. The number of rotatable bonds is 6. The maximum Gasteiger partial charge on any atom is 0.336 e. The van der Waals surface area contributed by atoms with E-state index in [-0.39, 0.29) is 17.8 Å². The van der Waals surface area contributed by atoms with Crippen molar-refractivity contribution in [2.24, 2.45) is 0 Å². The number of carbonyl (C=O) groups excluding carboxylic acids is 1. The number of hydrogen-bond acceptors (Lipinski definition) is 4. The molecular formula is C19H20ClNO4. The Morgan fingerprint density at radius 3 is 2.52 bits per heavy atom. The first-order chi connectivity index (χ1) is 11.9. The van der Waals surface area contributed by atoms with Crippen molar-refractivity contribution in [3.63, 3.8) is 0 Å². The van der Waals surface area contributed by atoms with Gasteiger partial charge in [-0.2, -0.15) is 0 Å². The van der Waals surface area contributed by atoms with Crippen molar-refractivity contribution < 1.29 is 19.4 Å². The van der Waals surface area contributed by atoms with Gasteiger partial charge in [-0.25, -0.2) is 9.59 Å². The summed E-state index contributed by atoms with van der Waals surface area (Å²) in [5.74, 6) is -2.48. The van der Waals surface area contributed by atoms with Crippen molar-refractivity contribution in [1.82, 2.24) is 5.32 Å². The van der Waals surface area contributed by atoms with Gasteiger partial charge in [-0.05, 0) is 31.9 Å². The van der Waals surface area contributed by atoms with Crippen molar-refractivity contribution in [3.05, 3.63) is 70.0 Å². The summed E-state index contributed by atoms with van der Waals surface area (Å²) < 4.78 is 5.28. The molecule has 1 aliphatic heterocycles. The van der Waals surface area contributed by atoms with Crippen LogP contribution >= 0.6 is 11.6 Å². The molecule has 1 aliphatic rings. The Hall–Kier alpha value is -2.53. The Kier molecular flexibility index (Phi) is 6.04. The number of dihydropyridines is 1. The molecule has 132 valence electrons. The van der Waals surface area contributed by atoms with Gasteiger partial charge >= 0.3 is 11.9 Å². The Morgan fingerprint density at radius 1 is 1.28 bits per heavy atom. The summed E-state index contributed by atoms with van der Waals surface area (Å²) in [4.78, 5) is 24.5. The number of hydrogen-bond donors (Lipinski definition) is 2. The molecule has 1 aromatic carbocycles. The van der Waals surface area contributed by atoms with Crippen molar-refractivity contribution in [2.45, 2.75) is 26.2 Å². The number of carbonyl (C=O) groups is 2. The predicted molar refractivity (Wildman–Crippen MR) is 96.1 cm³/mol. The van der Waals surface area contributed by atoms with Gasteiger partial charge in [-0.1, -0.05) is 35.9 Å². The maximum absolute atomic E-state index is 12.6. The van der Waals surface area contributed by atoms with Gasteiger partial charge in [0.05, 0.1) is 23.7 Å². The van der Waals surface area contributed by atoms with E-state index < -0.39 is 17.9 Å². The SMILES string of the molecule is C=CCCOC(=O)C1=C(C)NC(C)=C(C(=O)O)C1c1ccccc1Cl. The number of allylic oxidation sites excluding steroid dienone is 2. The molecule has 1 unspecified atom stereocenters. The fourth-order valence-electron chi connectivity index (χ4n) is 2.88. The van der Waals surface area contributed by atoms with E-state index in [1.54, 1.807) is 44.2 Å². The molecule has 0 spiro atoms. The highest BCUT2D eigenvalue weighted by Gasteiger charge is 2.38. The Bertz CT molecular complexity index is 779. The van der Waals surface area contributed by atoms with E-state index in [9.17, 15) is 14.7 Å². The summed E-state index contributed by atoms with van der Waals surface area (Å²) in [6.07, 6.45) is 2.16. The maximum atomic E-state index is 12.6. The second-order valence-electron chi connectivity index (χ2n) is 5.68. The van der Waals surface area contributed by atoms with Crippen LogP contribution in [-0.2, 0) is 14.3 Å². The Balaban J connectivity index is 2.56. The van der Waals surface area contributed by atoms with Gasteiger partial charge in [0.25, 0.3) is 0 Å². The van der Waals surface area contributed by atoms with Crippen LogP contribution in [0.15, 0.2) is 59.5 Å². The zero-order valence-corrected chi connectivity index (χ0v) is 14.9. The van der Waals surface area contributed by atoms with Gasteiger partial charge in [0.15, 0.2) is 0 Å². The first-order valence-electron chi connectivity index (χ1n) is 7.82. The lowest BCUT2D eigenvalue weighted by Crippen LogP contribution is -2.32. The number of nitrogens with one attached hydrogen (secondary N) is 1. The molecule has 0 fully saturated rings. The van der Waals surface area contributed by atoms with Gasteiger partial charge in [0, 0.05) is 16.4 Å². The van der Waals surface area contributed by atoms with Crippen LogP contribution in [-0.4, -0.2) is 23.7 Å². The minimum absolute atomic E-state index is 0.0781. The molecule has 1 heterocycles. The first-order valence-corrected chi connectivity index (χ1v) is 8.20. The second kappa shape index (κ2) is 8.03. The highest BCUT2D eigenvalue weighted by Crippen LogP contribution is 2.41. The number of esters is 1. The lowest BCUT2D eigenvalue weighted by atomic mass is 9.80. The molecular weight excluding hydrogens is 342 g/mol. The summed E-state index contributed by atoms with van der Waals surface area (Å²) in [5, 5.41) is 13.1. The van der Waals surface area contributed by atoms with E-state index in [2.05, 4.69) is 11.9 Å². The molecule has 0 saturated carbocycles. The van der Waals surface area contributed by atoms with Crippen LogP contribution in [0.5, 0.6) is 0 Å². The van der Waals surface area contributed by atoms with Crippen LogP contribution in [0.1, 0.15) is 31.7 Å². The standard InChI is InChI=1S/C19H20ClNO4/c1-4-5-10-25-19(24)16-12(3)21-11(2)15(18(22)23)17(16)13-8-6-7-9-14(13)20/h4,6-9,17,21H,1,5,10H2,2-3H3,(H,22,23). The number of benzene rings is 1. The smallest absolute Gasteiger partial charge is 0.336 e. The second-order valence-corrected chi connectivity index (χ2v) is 6.08. The minimum atomic E-state index is -1.11. The fraction of sp³-hybridized carbons (Fsp3) is 0.263. The Morgan fingerprint density at radius 2 is 1.92 bits per heavy atom. The molecule has 2 N–H and O–H groups in total. The first kappa shape index (κ1) is 18.8. The average molecular weight is 362 g/mol. The van der Waals surface area contributed by atoms with E-state index in [1.807, 2.05) is 0 Å². The van der Waals surface area contributed by atoms with Gasteiger partial charge in [-0.15, -0.1) is 6.58 Å². The quantitative estimate of drug-likeness (QED) is 0.458. The van der Waals surface area contributed by atoms with Crippen LogP contribution in [0.3, 0.4) is 0 Å². The highest BCUT2D eigenvalue weighted by atomic mass is 35.5. The molecule has 6 heteroatoms. The number of carboxylic acids is 1. The third-order valence-electron chi connectivity index (χ3n) is 3.98. The third kappa shape index (κ3) is 3.94. The molecule has 0 bridgehead atoms. The van der Waals surface area contributed by atoms with Crippen molar-refractivity contribution in [3.8, 4) is 0 Å². The predicted octanol–water partition coefficient (Wildman–Crippen LogP) is 3.78. The lowest BCUT2D eigenvalue weighted by molar-refractivity contribution is -0.139. The molecule has 0 aliphatic carbocycles. The van der Waals surface area contributed by atoms with Crippen LogP contribution in [0.4, 0.5) is 0 Å². The van der Waals surface area contributed by atoms with Crippen LogP contribution in [0, 0.1) is 0 Å². The van der Waals surface area contributed by atoms with Gasteiger partial charge in [0.1, 0.15) is 0 Å². The molecule has 0 aromatic heterocycles.